The highest BCUT2D eigenvalue weighted by molar-refractivity contribution is 8.02. The molecule has 1 fully saturated rings. The van der Waals surface area contributed by atoms with Crippen molar-refractivity contribution in [3.63, 3.8) is 0 Å². The third-order valence-corrected chi connectivity index (χ3v) is 18.5. The standard InChI is InChI=1S/C58H97ClF2N2O2S/c1-4-7-9-11-13-15-17-19-21-23-26-30-46-63(47-31-27-24-22-20-18-16-14-12-10-8-5-2)48-32-28-25-29-45-62-57(64)40-33-51-41-43-58(44-42-51,55-50-53(60)36-39-56(55)61)66(65,49-6-3)54-37-34-52(59)35-38-54/h34-39,49-51H,4-33,40-48H2,1-3H3,(H,62,64). The highest BCUT2D eigenvalue weighted by Crippen LogP contribution is 2.50. The second kappa shape index (κ2) is 36.1. The van der Waals surface area contributed by atoms with Crippen LogP contribution in [0.2, 0.25) is 5.02 Å². The molecule has 4 nitrogen and oxygen atoms in total. The van der Waals surface area contributed by atoms with Crippen molar-refractivity contribution in [1.29, 1.82) is 0 Å². The van der Waals surface area contributed by atoms with E-state index in [1.54, 1.807) is 24.3 Å². The van der Waals surface area contributed by atoms with E-state index in [-0.39, 0.29) is 17.4 Å². The molecule has 1 amide bonds. The van der Waals surface area contributed by atoms with Gasteiger partial charge in [-0.1, -0.05) is 186 Å². The number of hydrogen-bond donors (Lipinski definition) is 1. The average Bonchev–Trinajstić information content (AvgIpc) is 3.32. The molecule has 0 spiro atoms. The van der Waals surface area contributed by atoms with Gasteiger partial charge in [0.1, 0.15) is 11.6 Å². The first-order chi connectivity index (χ1) is 32.2. The molecule has 1 N–H and O–H groups in total. The van der Waals surface area contributed by atoms with Crippen molar-refractivity contribution < 1.29 is 17.8 Å². The number of hydrogen-bond acceptors (Lipinski definition) is 3. The van der Waals surface area contributed by atoms with Crippen LogP contribution in [0.5, 0.6) is 0 Å². The van der Waals surface area contributed by atoms with Crippen molar-refractivity contribution >= 4 is 32.4 Å². The summed E-state index contributed by atoms with van der Waals surface area (Å²) in [6, 6.07) is 10.5. The Labute approximate surface area is 410 Å². The first kappa shape index (κ1) is 58.4. The maximum Gasteiger partial charge on any atom is 0.220 e. The summed E-state index contributed by atoms with van der Waals surface area (Å²) in [5.41, 5.74) is 0.190. The summed E-state index contributed by atoms with van der Waals surface area (Å²) in [7, 11) is -2.97. The Morgan fingerprint density at radius 2 is 1.09 bits per heavy atom. The molecule has 66 heavy (non-hydrogen) atoms. The van der Waals surface area contributed by atoms with E-state index in [1.165, 1.54) is 193 Å². The fraction of sp³-hybridized carbons (Fsp3) is 0.759. The zero-order valence-electron chi connectivity index (χ0n) is 42.6. The van der Waals surface area contributed by atoms with E-state index in [0.29, 0.717) is 55.0 Å². The predicted octanol–water partition coefficient (Wildman–Crippen LogP) is 17.7. The molecule has 0 aliphatic heterocycles. The number of unbranched alkanes of at least 4 members (excludes halogenated alkanes) is 25. The summed E-state index contributed by atoms with van der Waals surface area (Å²) in [5, 5.41) is 5.52. The van der Waals surface area contributed by atoms with Gasteiger partial charge in [0.2, 0.25) is 5.91 Å². The predicted molar refractivity (Wildman–Crippen MR) is 284 cm³/mol. The van der Waals surface area contributed by atoms with E-state index < -0.39 is 25.9 Å². The van der Waals surface area contributed by atoms with E-state index in [1.807, 2.05) is 12.3 Å². The Kier molecular flexibility index (Phi) is 31.9. The molecule has 8 heteroatoms. The van der Waals surface area contributed by atoms with Crippen LogP contribution in [-0.2, 0) is 19.1 Å². The monoisotopic (exact) mass is 959 g/mol. The smallest absolute Gasteiger partial charge is 0.220 e. The maximum absolute atomic E-state index is 15.6. The number of nitrogens with zero attached hydrogens (tertiary/aromatic N) is 1. The Bertz CT molecular complexity index is 1620. The summed E-state index contributed by atoms with van der Waals surface area (Å²) in [5.74, 6) is -0.717. The fourth-order valence-corrected chi connectivity index (χ4v) is 13.9. The van der Waals surface area contributed by atoms with Gasteiger partial charge in [0.25, 0.3) is 0 Å². The lowest BCUT2D eigenvalue weighted by atomic mass is 9.76. The number of rotatable bonds is 40. The zero-order valence-corrected chi connectivity index (χ0v) is 44.2. The van der Waals surface area contributed by atoms with Gasteiger partial charge in [-0.3, -0.25) is 9.00 Å². The summed E-state index contributed by atoms with van der Waals surface area (Å²) in [6.07, 6.45) is 42.1. The lowest BCUT2D eigenvalue weighted by molar-refractivity contribution is -0.121. The van der Waals surface area contributed by atoms with Crippen molar-refractivity contribution in [3.8, 4) is 0 Å². The third kappa shape index (κ3) is 22.6. The molecule has 1 atom stereocenters. The number of benzene rings is 2. The van der Waals surface area contributed by atoms with Gasteiger partial charge in [0.05, 0.1) is 4.75 Å². The van der Waals surface area contributed by atoms with Crippen molar-refractivity contribution in [2.45, 2.75) is 255 Å². The van der Waals surface area contributed by atoms with Crippen molar-refractivity contribution in [2.75, 3.05) is 26.2 Å². The number of carbonyl (C=O) groups excluding carboxylic acids is 1. The average molecular weight is 960 g/mol. The van der Waals surface area contributed by atoms with E-state index >= 15 is 8.60 Å². The molecular weight excluding hydrogens is 862 g/mol. The van der Waals surface area contributed by atoms with Crippen LogP contribution in [-0.4, -0.2) is 46.6 Å². The fourth-order valence-electron chi connectivity index (χ4n) is 10.5. The van der Waals surface area contributed by atoms with Gasteiger partial charge in [0.15, 0.2) is 0 Å². The van der Waals surface area contributed by atoms with Gasteiger partial charge in [-0.05, 0) is 138 Å². The minimum absolute atomic E-state index is 0.0864. The quantitative estimate of drug-likeness (QED) is 0.0535. The van der Waals surface area contributed by atoms with Crippen molar-refractivity contribution in [2.24, 2.45) is 5.92 Å². The van der Waals surface area contributed by atoms with Crippen LogP contribution < -0.4 is 5.32 Å². The molecular formula is C58H97ClF2N2O2S. The molecule has 1 unspecified atom stereocenters. The molecule has 1 aliphatic carbocycles. The van der Waals surface area contributed by atoms with Crippen molar-refractivity contribution in [3.05, 3.63) is 64.7 Å². The first-order valence-electron chi connectivity index (χ1n) is 27.8. The van der Waals surface area contributed by atoms with Gasteiger partial charge in [0, 0.05) is 38.0 Å². The second-order valence-corrected chi connectivity index (χ2v) is 23.3. The van der Waals surface area contributed by atoms with Crippen LogP contribution in [0.1, 0.15) is 251 Å². The molecule has 0 bridgehead atoms. The largest absolute Gasteiger partial charge is 0.356 e. The van der Waals surface area contributed by atoms with E-state index in [0.717, 1.165) is 31.4 Å². The highest BCUT2D eigenvalue weighted by atomic mass is 35.5. The summed E-state index contributed by atoms with van der Waals surface area (Å²) < 4.78 is 44.5. The molecule has 0 heterocycles. The normalized spacial score (nSPS) is 17.3. The summed E-state index contributed by atoms with van der Waals surface area (Å²) >= 11 is 6.21. The number of carbonyl (C=O) groups is 1. The molecule has 1 saturated carbocycles. The lowest BCUT2D eigenvalue weighted by Crippen LogP contribution is -2.41. The summed E-state index contributed by atoms with van der Waals surface area (Å²) in [6.45, 7) is 10.9. The van der Waals surface area contributed by atoms with Gasteiger partial charge < -0.3 is 10.2 Å². The van der Waals surface area contributed by atoms with Crippen LogP contribution in [0.3, 0.4) is 0 Å². The van der Waals surface area contributed by atoms with Crippen LogP contribution in [0.4, 0.5) is 8.78 Å². The Morgan fingerprint density at radius 3 is 1.55 bits per heavy atom. The van der Waals surface area contributed by atoms with Crippen LogP contribution >= 0.6 is 11.6 Å². The van der Waals surface area contributed by atoms with Crippen LogP contribution in [0.25, 0.3) is 0 Å². The minimum atomic E-state index is -2.97. The topological polar surface area (TPSA) is 49.4 Å². The first-order valence-corrected chi connectivity index (χ1v) is 29.8. The highest BCUT2D eigenvalue weighted by Gasteiger charge is 2.47. The summed E-state index contributed by atoms with van der Waals surface area (Å²) in [4.78, 5) is 16.3. The van der Waals surface area contributed by atoms with Gasteiger partial charge >= 0.3 is 0 Å². The molecule has 0 radical (unpaired) electrons. The maximum atomic E-state index is 15.6. The Hall–Kier alpha value is -1.96. The van der Waals surface area contributed by atoms with Gasteiger partial charge in [-0.15, -0.1) is 0 Å². The molecule has 1 aliphatic rings. The van der Waals surface area contributed by atoms with Gasteiger partial charge in [-0.2, -0.15) is 0 Å². The SMILES string of the molecule is CCC=S(=O)(c1ccc(Cl)cc1)C1(c2cc(F)ccc2F)CCC(CCC(=O)NCCCCCCN(CCCCCCCCCCCCCC)CCCCCCCCCCCCCC)CC1. The Morgan fingerprint density at radius 1 is 0.652 bits per heavy atom. The van der Waals surface area contributed by atoms with Crippen LogP contribution in [0, 0.1) is 17.6 Å². The van der Waals surface area contributed by atoms with Gasteiger partial charge in [-0.25, -0.2) is 8.78 Å². The second-order valence-electron chi connectivity index (χ2n) is 20.1. The van der Waals surface area contributed by atoms with E-state index in [4.69, 9.17) is 11.6 Å². The van der Waals surface area contributed by atoms with E-state index in [9.17, 15) is 9.18 Å². The molecule has 3 rings (SSSR count). The number of amides is 1. The van der Waals surface area contributed by atoms with Crippen molar-refractivity contribution in [1.82, 2.24) is 10.2 Å². The molecule has 2 aromatic carbocycles. The molecule has 0 aromatic heterocycles. The minimum Gasteiger partial charge on any atom is -0.356 e. The number of nitrogens with one attached hydrogen (secondary N) is 1. The third-order valence-electron chi connectivity index (χ3n) is 14.6. The Balaban J connectivity index is 1.36. The van der Waals surface area contributed by atoms with E-state index in [2.05, 4.69) is 24.1 Å². The zero-order chi connectivity index (χ0) is 47.6. The molecule has 2 aromatic rings. The molecule has 378 valence electrons. The molecule has 0 saturated heterocycles. The number of halogens is 3. The van der Waals surface area contributed by atoms with Crippen LogP contribution in [0.15, 0.2) is 47.4 Å². The lowest BCUT2D eigenvalue weighted by Gasteiger charge is -2.44.